The van der Waals surface area contributed by atoms with Crippen LogP contribution in [-0.4, -0.2) is 41.2 Å². The van der Waals surface area contributed by atoms with Crippen LogP contribution in [-0.2, 0) is 24.6 Å². The van der Waals surface area contributed by atoms with Gasteiger partial charge in [-0.1, -0.05) is 11.6 Å². The summed E-state index contributed by atoms with van der Waals surface area (Å²) in [5.74, 6) is -1.24. The van der Waals surface area contributed by atoms with Crippen LogP contribution in [0.3, 0.4) is 0 Å². The van der Waals surface area contributed by atoms with Gasteiger partial charge in [0, 0.05) is 13.6 Å². The van der Waals surface area contributed by atoms with E-state index in [9.17, 15) is 22.8 Å². The molecule has 1 unspecified atom stereocenters. The molecular weight excluding hydrogens is 465 g/mol. The van der Waals surface area contributed by atoms with Crippen molar-refractivity contribution in [3.63, 3.8) is 0 Å². The maximum Gasteiger partial charge on any atom is 0.436 e. The topological polar surface area (TPSA) is 112 Å². The Morgan fingerprint density at radius 2 is 1.76 bits per heavy atom. The lowest BCUT2D eigenvalue weighted by molar-refractivity contribution is -0.141. The molecule has 14 heteroatoms. The molecule has 3 aromatic heterocycles. The molecule has 0 fully saturated rings. The average Bonchev–Trinajstić information content (AvgIpc) is 3.39. The van der Waals surface area contributed by atoms with Crippen molar-refractivity contribution in [1.82, 2.24) is 29.3 Å². The van der Waals surface area contributed by atoms with Gasteiger partial charge >= 0.3 is 6.18 Å². The maximum atomic E-state index is 13.1. The molecular formula is C19H22ClF3N8O2. The van der Waals surface area contributed by atoms with Crippen molar-refractivity contribution in [2.75, 3.05) is 10.6 Å². The van der Waals surface area contributed by atoms with Crippen molar-refractivity contribution in [3.8, 4) is 0 Å². The van der Waals surface area contributed by atoms with E-state index in [1.165, 1.54) is 30.9 Å². The van der Waals surface area contributed by atoms with Crippen molar-refractivity contribution in [2.45, 2.75) is 46.5 Å². The molecule has 0 spiro atoms. The van der Waals surface area contributed by atoms with Gasteiger partial charge in [-0.25, -0.2) is 0 Å². The number of hydrogen-bond acceptors (Lipinski definition) is 5. The number of amides is 2. The Kier molecular flexibility index (Phi) is 6.54. The van der Waals surface area contributed by atoms with E-state index in [0.717, 1.165) is 10.4 Å². The number of carbonyl (C=O) groups is 2. The van der Waals surface area contributed by atoms with Gasteiger partial charge in [-0.15, -0.1) is 0 Å². The first-order valence-corrected chi connectivity index (χ1v) is 10.2. The Hall–Kier alpha value is -3.35. The summed E-state index contributed by atoms with van der Waals surface area (Å²) < 4.78 is 43.2. The van der Waals surface area contributed by atoms with E-state index in [1.807, 2.05) is 0 Å². The summed E-state index contributed by atoms with van der Waals surface area (Å²) in [7, 11) is 1.72. The number of alkyl halides is 3. The van der Waals surface area contributed by atoms with Crippen LogP contribution in [0.1, 0.15) is 47.5 Å². The predicted octanol–water partition coefficient (Wildman–Crippen LogP) is 3.57. The molecule has 0 bridgehead atoms. The molecule has 0 radical (unpaired) electrons. The van der Waals surface area contributed by atoms with Gasteiger partial charge in [0.25, 0.3) is 5.91 Å². The van der Waals surface area contributed by atoms with Crippen LogP contribution in [0.25, 0.3) is 0 Å². The number of aromatic nitrogens is 6. The first kappa shape index (κ1) is 24.3. The van der Waals surface area contributed by atoms with Crippen molar-refractivity contribution < 1.29 is 22.8 Å². The van der Waals surface area contributed by atoms with Gasteiger partial charge < -0.3 is 10.6 Å². The quantitative estimate of drug-likeness (QED) is 0.553. The van der Waals surface area contributed by atoms with E-state index in [1.54, 1.807) is 25.6 Å². The lowest BCUT2D eigenvalue weighted by Crippen LogP contribution is -2.27. The van der Waals surface area contributed by atoms with Crippen molar-refractivity contribution in [1.29, 1.82) is 0 Å². The Morgan fingerprint density at radius 3 is 2.27 bits per heavy atom. The van der Waals surface area contributed by atoms with Gasteiger partial charge in [-0.2, -0.15) is 28.5 Å². The first-order valence-electron chi connectivity index (χ1n) is 9.85. The van der Waals surface area contributed by atoms with Gasteiger partial charge in [0.05, 0.1) is 40.2 Å². The number of carbonyl (C=O) groups excluding carboxylic acids is 2. The number of hydrogen-bond donors (Lipinski definition) is 2. The zero-order valence-electron chi connectivity index (χ0n) is 18.5. The molecule has 0 saturated heterocycles. The highest BCUT2D eigenvalue weighted by molar-refractivity contribution is 6.32. The SMILES string of the molecule is CCn1ncc(NC(=O)C(C)n2nc(C(F)(F)F)c(Cl)c2C)c1C(=O)Nc1cnn(C)c1C. The lowest BCUT2D eigenvalue weighted by Gasteiger charge is -2.15. The largest absolute Gasteiger partial charge is 0.436 e. The molecule has 3 heterocycles. The molecule has 178 valence electrons. The van der Waals surface area contributed by atoms with Crippen LogP contribution in [0.15, 0.2) is 12.4 Å². The van der Waals surface area contributed by atoms with Gasteiger partial charge in [0.1, 0.15) is 11.7 Å². The lowest BCUT2D eigenvalue weighted by atomic mass is 10.2. The third kappa shape index (κ3) is 4.58. The van der Waals surface area contributed by atoms with Crippen molar-refractivity contribution in [3.05, 3.63) is 40.2 Å². The van der Waals surface area contributed by atoms with E-state index in [2.05, 4.69) is 25.9 Å². The molecule has 10 nitrogen and oxygen atoms in total. The zero-order chi connectivity index (χ0) is 24.7. The third-order valence-electron chi connectivity index (χ3n) is 5.19. The Balaban J connectivity index is 1.87. The molecule has 3 rings (SSSR count). The fraction of sp³-hybridized carbons (Fsp3) is 0.421. The van der Waals surface area contributed by atoms with Crippen LogP contribution in [0.4, 0.5) is 24.5 Å². The smallest absolute Gasteiger partial charge is 0.321 e. The normalized spacial score (nSPS) is 12.6. The number of rotatable bonds is 6. The highest BCUT2D eigenvalue weighted by Gasteiger charge is 2.39. The minimum atomic E-state index is -4.76. The number of halogens is 4. The third-order valence-corrected chi connectivity index (χ3v) is 5.64. The summed E-state index contributed by atoms with van der Waals surface area (Å²) in [5, 5.41) is 16.4. The Labute approximate surface area is 191 Å². The molecule has 0 aliphatic heterocycles. The van der Waals surface area contributed by atoms with E-state index >= 15 is 0 Å². The summed E-state index contributed by atoms with van der Waals surface area (Å²) in [6.07, 6.45) is -1.98. The molecule has 2 N–H and O–H groups in total. The van der Waals surface area contributed by atoms with Crippen molar-refractivity contribution in [2.24, 2.45) is 7.05 Å². The highest BCUT2D eigenvalue weighted by atomic mass is 35.5. The monoisotopic (exact) mass is 486 g/mol. The standard InChI is InChI=1S/C19H22ClF3N8O2/c1-6-30-15(18(33)26-12-7-24-29(5)9(12)2)13(8-25-30)27-17(32)11(4)31-10(3)14(20)16(28-31)19(21,22)23/h7-8,11H,6H2,1-5H3,(H,26,33)(H,27,32). The van der Waals surface area contributed by atoms with E-state index in [4.69, 9.17) is 11.6 Å². The summed E-state index contributed by atoms with van der Waals surface area (Å²) in [5.41, 5.74) is 0.0928. The van der Waals surface area contributed by atoms with Crippen LogP contribution in [0.5, 0.6) is 0 Å². The second-order valence-corrected chi connectivity index (χ2v) is 7.68. The van der Waals surface area contributed by atoms with Crippen LogP contribution in [0, 0.1) is 13.8 Å². The van der Waals surface area contributed by atoms with Crippen LogP contribution >= 0.6 is 11.6 Å². The number of nitrogens with one attached hydrogen (secondary N) is 2. The molecule has 33 heavy (non-hydrogen) atoms. The van der Waals surface area contributed by atoms with Crippen LogP contribution < -0.4 is 10.6 Å². The molecule has 0 aromatic carbocycles. The number of aryl methyl sites for hydroxylation is 2. The number of anilines is 2. The highest BCUT2D eigenvalue weighted by Crippen LogP contribution is 2.36. The summed E-state index contributed by atoms with van der Waals surface area (Å²) in [4.78, 5) is 25.8. The molecule has 2 amide bonds. The minimum absolute atomic E-state index is 0.0130. The van der Waals surface area contributed by atoms with E-state index in [-0.39, 0.29) is 17.1 Å². The fourth-order valence-corrected chi connectivity index (χ4v) is 3.40. The van der Waals surface area contributed by atoms with Crippen molar-refractivity contribution >= 4 is 34.8 Å². The summed E-state index contributed by atoms with van der Waals surface area (Å²) >= 11 is 5.78. The second kappa shape index (κ2) is 8.89. The molecule has 0 saturated carbocycles. The minimum Gasteiger partial charge on any atom is -0.321 e. The Morgan fingerprint density at radius 1 is 1.12 bits per heavy atom. The van der Waals surface area contributed by atoms with E-state index in [0.29, 0.717) is 12.2 Å². The maximum absolute atomic E-state index is 13.1. The second-order valence-electron chi connectivity index (χ2n) is 7.30. The van der Waals surface area contributed by atoms with Gasteiger partial charge in [-0.05, 0) is 27.7 Å². The van der Waals surface area contributed by atoms with Gasteiger partial charge in [-0.3, -0.25) is 23.6 Å². The summed E-state index contributed by atoms with van der Waals surface area (Å²) in [6.45, 7) is 6.58. The fourth-order valence-electron chi connectivity index (χ4n) is 3.16. The molecule has 1 atom stereocenters. The predicted molar refractivity (Wildman–Crippen MR) is 114 cm³/mol. The molecule has 3 aromatic rings. The molecule has 0 aliphatic rings. The van der Waals surface area contributed by atoms with Crippen LogP contribution in [0.2, 0.25) is 5.02 Å². The Bertz CT molecular complexity index is 1210. The van der Waals surface area contributed by atoms with Gasteiger partial charge in [0.15, 0.2) is 5.69 Å². The number of nitrogens with zero attached hydrogens (tertiary/aromatic N) is 6. The first-order chi connectivity index (χ1) is 15.4. The summed E-state index contributed by atoms with van der Waals surface area (Å²) in [6, 6.07) is -1.15. The average molecular weight is 487 g/mol. The molecule has 0 aliphatic carbocycles. The zero-order valence-corrected chi connectivity index (χ0v) is 19.2. The van der Waals surface area contributed by atoms with E-state index < -0.39 is 34.7 Å². The van der Waals surface area contributed by atoms with Gasteiger partial charge in [0.2, 0.25) is 5.91 Å².